The number of morpholine rings is 1. The first-order valence-corrected chi connectivity index (χ1v) is 11.9. The molecule has 0 spiro atoms. The number of fused-ring (bicyclic) bond motifs is 1. The number of hydrogen-bond acceptors (Lipinski definition) is 7. The third-order valence-electron chi connectivity index (χ3n) is 5.51. The van der Waals surface area contributed by atoms with Gasteiger partial charge in [0.05, 0.1) is 30.7 Å². The minimum absolute atomic E-state index is 0.0940. The SMILES string of the molecule is CC(NC(=O)CSc1nnc(N2CCOCC2)n1-c1ccccc1)c1cc2ccccc2o1. The fourth-order valence-corrected chi connectivity index (χ4v) is 4.59. The Balaban J connectivity index is 1.29. The number of carbonyl (C=O) groups is 1. The van der Waals surface area contributed by atoms with Crippen LogP contribution in [-0.2, 0) is 9.53 Å². The third kappa shape index (κ3) is 4.74. The summed E-state index contributed by atoms with van der Waals surface area (Å²) in [6, 6.07) is 19.5. The summed E-state index contributed by atoms with van der Waals surface area (Å²) in [5, 5.41) is 13.6. The number of ether oxygens (including phenoxy) is 1. The smallest absolute Gasteiger partial charge is 0.232 e. The van der Waals surface area contributed by atoms with Crippen molar-refractivity contribution in [1.82, 2.24) is 20.1 Å². The van der Waals surface area contributed by atoms with Crippen molar-refractivity contribution in [2.24, 2.45) is 0 Å². The van der Waals surface area contributed by atoms with E-state index in [-0.39, 0.29) is 17.7 Å². The Hall–Kier alpha value is -3.30. The molecule has 1 atom stereocenters. The monoisotopic (exact) mass is 463 g/mol. The van der Waals surface area contributed by atoms with E-state index in [4.69, 9.17) is 9.15 Å². The molecule has 1 amide bonds. The first-order valence-electron chi connectivity index (χ1n) is 10.9. The molecule has 9 heteroatoms. The minimum Gasteiger partial charge on any atom is -0.459 e. The molecule has 1 N–H and O–H groups in total. The zero-order valence-electron chi connectivity index (χ0n) is 18.3. The van der Waals surface area contributed by atoms with E-state index < -0.39 is 0 Å². The summed E-state index contributed by atoms with van der Waals surface area (Å²) in [4.78, 5) is 14.9. The van der Waals surface area contributed by atoms with Crippen LogP contribution in [0.2, 0.25) is 0 Å². The molecule has 33 heavy (non-hydrogen) atoms. The van der Waals surface area contributed by atoms with Crippen LogP contribution in [0.3, 0.4) is 0 Å². The van der Waals surface area contributed by atoms with Gasteiger partial charge in [-0.05, 0) is 31.2 Å². The van der Waals surface area contributed by atoms with E-state index in [1.54, 1.807) is 0 Å². The van der Waals surface area contributed by atoms with Crippen molar-refractivity contribution < 1.29 is 13.9 Å². The van der Waals surface area contributed by atoms with Gasteiger partial charge in [0.25, 0.3) is 0 Å². The highest BCUT2D eigenvalue weighted by Crippen LogP contribution is 2.28. The molecule has 0 aliphatic carbocycles. The predicted molar refractivity (Wildman–Crippen MR) is 128 cm³/mol. The number of rotatable bonds is 7. The molecule has 1 saturated heterocycles. The first-order chi connectivity index (χ1) is 16.2. The molecule has 0 bridgehead atoms. The number of anilines is 1. The lowest BCUT2D eigenvalue weighted by molar-refractivity contribution is -0.119. The van der Waals surface area contributed by atoms with E-state index in [2.05, 4.69) is 20.4 Å². The number of thioether (sulfide) groups is 1. The van der Waals surface area contributed by atoms with Crippen LogP contribution in [-0.4, -0.2) is 52.7 Å². The highest BCUT2D eigenvalue weighted by atomic mass is 32.2. The van der Waals surface area contributed by atoms with Crippen molar-refractivity contribution >= 4 is 34.6 Å². The zero-order chi connectivity index (χ0) is 22.6. The number of nitrogens with zero attached hydrogens (tertiary/aromatic N) is 4. The number of carbonyl (C=O) groups excluding carboxylic acids is 1. The number of aromatic nitrogens is 3. The molecule has 0 saturated carbocycles. The van der Waals surface area contributed by atoms with E-state index in [1.165, 1.54) is 11.8 Å². The second kappa shape index (κ2) is 9.68. The van der Waals surface area contributed by atoms with Crippen LogP contribution in [0.25, 0.3) is 16.7 Å². The number of para-hydroxylation sites is 2. The van der Waals surface area contributed by atoms with E-state index in [0.29, 0.717) is 18.4 Å². The summed E-state index contributed by atoms with van der Waals surface area (Å²) in [6.45, 7) is 4.75. The fraction of sp³-hybridized carbons (Fsp3) is 0.292. The van der Waals surface area contributed by atoms with Gasteiger partial charge < -0.3 is 19.4 Å². The van der Waals surface area contributed by atoms with Crippen LogP contribution in [0.1, 0.15) is 18.7 Å². The topological polar surface area (TPSA) is 85.4 Å². The van der Waals surface area contributed by atoms with Crippen LogP contribution >= 0.6 is 11.8 Å². The van der Waals surface area contributed by atoms with Crippen LogP contribution in [0.4, 0.5) is 5.95 Å². The standard InChI is InChI=1S/C24H25N5O3S/c1-17(21-15-18-7-5-6-10-20(18)32-21)25-22(30)16-33-24-27-26-23(28-11-13-31-14-12-28)29(24)19-8-3-2-4-9-19/h2-10,15,17H,11-14,16H2,1H3,(H,25,30). The fourth-order valence-electron chi connectivity index (χ4n) is 3.83. The molecular weight excluding hydrogens is 438 g/mol. The number of hydrogen-bond donors (Lipinski definition) is 1. The van der Waals surface area contributed by atoms with Gasteiger partial charge in [-0.1, -0.05) is 48.2 Å². The summed E-state index contributed by atoms with van der Waals surface area (Å²) in [6.07, 6.45) is 0. The second-order valence-electron chi connectivity index (χ2n) is 7.82. The Labute approximate surface area is 195 Å². The maximum absolute atomic E-state index is 12.7. The van der Waals surface area contributed by atoms with Crippen LogP contribution in [0, 0.1) is 0 Å². The Morgan fingerprint density at radius 3 is 2.64 bits per heavy atom. The summed E-state index contributed by atoms with van der Waals surface area (Å²) in [5.41, 5.74) is 1.78. The summed E-state index contributed by atoms with van der Waals surface area (Å²) in [5.74, 6) is 1.63. The third-order valence-corrected chi connectivity index (χ3v) is 6.43. The molecule has 1 aliphatic rings. The summed E-state index contributed by atoms with van der Waals surface area (Å²) >= 11 is 1.37. The highest BCUT2D eigenvalue weighted by Gasteiger charge is 2.22. The van der Waals surface area contributed by atoms with Crippen LogP contribution in [0.15, 0.2) is 70.2 Å². The Kier molecular flexibility index (Phi) is 6.32. The van der Waals surface area contributed by atoms with Gasteiger partial charge in [-0.3, -0.25) is 9.36 Å². The van der Waals surface area contributed by atoms with E-state index in [1.807, 2.05) is 72.2 Å². The van der Waals surface area contributed by atoms with Gasteiger partial charge in [-0.15, -0.1) is 10.2 Å². The number of amides is 1. The molecule has 2 aromatic heterocycles. The van der Waals surface area contributed by atoms with Gasteiger partial charge in [-0.2, -0.15) is 0 Å². The first kappa shape index (κ1) is 21.5. The average Bonchev–Trinajstić information content (AvgIpc) is 3.48. The average molecular weight is 464 g/mol. The van der Waals surface area contributed by atoms with Crippen LogP contribution < -0.4 is 10.2 Å². The van der Waals surface area contributed by atoms with Crippen molar-refractivity contribution in [3.05, 3.63) is 66.4 Å². The van der Waals surface area contributed by atoms with Crippen molar-refractivity contribution in [3.8, 4) is 5.69 Å². The lowest BCUT2D eigenvalue weighted by Crippen LogP contribution is -2.37. The number of benzene rings is 2. The zero-order valence-corrected chi connectivity index (χ0v) is 19.1. The predicted octanol–water partition coefficient (Wildman–Crippen LogP) is 3.82. The molecule has 1 unspecified atom stereocenters. The van der Waals surface area contributed by atoms with Gasteiger partial charge in [0.15, 0.2) is 5.16 Å². The largest absolute Gasteiger partial charge is 0.459 e. The van der Waals surface area contributed by atoms with E-state index in [9.17, 15) is 4.79 Å². The second-order valence-corrected chi connectivity index (χ2v) is 8.76. The van der Waals surface area contributed by atoms with Crippen molar-refractivity contribution in [1.29, 1.82) is 0 Å². The Morgan fingerprint density at radius 1 is 1.09 bits per heavy atom. The molecule has 8 nitrogen and oxygen atoms in total. The molecule has 170 valence electrons. The summed E-state index contributed by atoms with van der Waals surface area (Å²) < 4.78 is 13.4. The quantitative estimate of drug-likeness (QED) is 0.417. The minimum atomic E-state index is -0.235. The molecule has 2 aromatic carbocycles. The van der Waals surface area contributed by atoms with Crippen LogP contribution in [0.5, 0.6) is 0 Å². The molecule has 1 aliphatic heterocycles. The molecule has 4 aromatic rings. The van der Waals surface area contributed by atoms with Gasteiger partial charge in [0.2, 0.25) is 11.9 Å². The Morgan fingerprint density at radius 2 is 1.85 bits per heavy atom. The van der Waals surface area contributed by atoms with Gasteiger partial charge in [0.1, 0.15) is 11.3 Å². The molecule has 5 rings (SSSR count). The van der Waals surface area contributed by atoms with Gasteiger partial charge in [-0.25, -0.2) is 0 Å². The van der Waals surface area contributed by atoms with Crippen molar-refractivity contribution in [3.63, 3.8) is 0 Å². The summed E-state index contributed by atoms with van der Waals surface area (Å²) in [7, 11) is 0. The maximum Gasteiger partial charge on any atom is 0.232 e. The van der Waals surface area contributed by atoms with Gasteiger partial charge >= 0.3 is 0 Å². The molecular formula is C24H25N5O3S. The maximum atomic E-state index is 12.7. The lowest BCUT2D eigenvalue weighted by atomic mass is 10.2. The number of furan rings is 1. The molecule has 3 heterocycles. The van der Waals surface area contributed by atoms with E-state index >= 15 is 0 Å². The molecule has 1 fully saturated rings. The van der Waals surface area contributed by atoms with Crippen molar-refractivity contribution in [2.75, 3.05) is 37.0 Å². The number of nitrogens with one attached hydrogen (secondary N) is 1. The normalized spacial score (nSPS) is 15.0. The Bertz CT molecular complexity index is 1200. The highest BCUT2D eigenvalue weighted by molar-refractivity contribution is 7.99. The van der Waals surface area contributed by atoms with Gasteiger partial charge in [0, 0.05) is 18.5 Å². The van der Waals surface area contributed by atoms with E-state index in [0.717, 1.165) is 41.5 Å². The lowest BCUT2D eigenvalue weighted by Gasteiger charge is -2.27. The van der Waals surface area contributed by atoms with Crippen molar-refractivity contribution in [2.45, 2.75) is 18.1 Å². The molecule has 0 radical (unpaired) electrons.